The number of fused-ring (bicyclic) bond motifs is 1. The van der Waals surface area contributed by atoms with Gasteiger partial charge in [0.1, 0.15) is 5.54 Å². The van der Waals surface area contributed by atoms with Gasteiger partial charge in [0, 0.05) is 50.1 Å². The third kappa shape index (κ3) is 8.31. The van der Waals surface area contributed by atoms with Crippen LogP contribution in [0, 0.1) is 17.2 Å². The van der Waals surface area contributed by atoms with Crippen molar-refractivity contribution in [2.45, 2.75) is 115 Å². The second-order valence-corrected chi connectivity index (χ2v) is 17.3. The van der Waals surface area contributed by atoms with Crippen LogP contribution >= 0.6 is 12.2 Å². The van der Waals surface area contributed by atoms with Crippen LogP contribution in [0.25, 0.3) is 10.9 Å². The molecule has 3 atom stereocenters. The number of nitriles is 1. The minimum absolute atomic E-state index is 0.0117. The number of aromatic nitrogens is 2. The fourth-order valence-corrected chi connectivity index (χ4v) is 10.1. The Morgan fingerprint density at radius 1 is 1.08 bits per heavy atom. The zero-order valence-electron chi connectivity index (χ0n) is 34.3. The van der Waals surface area contributed by atoms with Gasteiger partial charge >= 0.3 is 12.2 Å². The average Bonchev–Trinajstić information content (AvgIpc) is 3.61. The summed E-state index contributed by atoms with van der Waals surface area (Å²) in [6, 6.07) is 9.98. The molecule has 0 spiro atoms. The van der Waals surface area contributed by atoms with Crippen LogP contribution < -0.4 is 20.4 Å². The molecule has 2 aromatic carbocycles. The van der Waals surface area contributed by atoms with E-state index in [0.29, 0.717) is 47.8 Å². The number of ether oxygens (including phenoxy) is 1. The number of piperidine rings is 1. The second kappa shape index (κ2) is 16.7. The largest absolute Gasteiger partial charge is 0.417 e. The van der Waals surface area contributed by atoms with E-state index >= 15 is 0 Å². The van der Waals surface area contributed by atoms with Gasteiger partial charge in [-0.25, -0.2) is 4.79 Å². The predicted molar refractivity (Wildman–Crippen MR) is 222 cm³/mol. The summed E-state index contributed by atoms with van der Waals surface area (Å²) in [6.45, 7) is 8.81. The molecule has 1 aliphatic carbocycles. The van der Waals surface area contributed by atoms with E-state index in [0.717, 1.165) is 49.1 Å². The Bertz CT molecular complexity index is 2240. The summed E-state index contributed by atoms with van der Waals surface area (Å²) in [4.78, 5) is 58.1. The lowest BCUT2D eigenvalue weighted by Gasteiger charge is -2.42. The topological polar surface area (TPSA) is 156 Å². The van der Waals surface area contributed by atoms with Gasteiger partial charge in [0.25, 0.3) is 5.91 Å². The number of carbonyl (C=O) groups excluding carboxylic acids is 4. The van der Waals surface area contributed by atoms with Crippen LogP contribution in [-0.4, -0.2) is 97.9 Å². The third-order valence-corrected chi connectivity index (χ3v) is 12.9. The number of carbonyl (C=O) groups is 4. The number of nitrogens with zero attached hydrogens (tertiary/aromatic N) is 7. The maximum atomic E-state index is 13.8. The van der Waals surface area contributed by atoms with Crippen LogP contribution in [0.4, 0.5) is 35.2 Å². The highest BCUT2D eigenvalue weighted by Gasteiger charge is 2.52. The van der Waals surface area contributed by atoms with E-state index in [1.54, 1.807) is 37.7 Å². The summed E-state index contributed by atoms with van der Waals surface area (Å²) in [7, 11) is 1.75. The van der Waals surface area contributed by atoms with Crippen LogP contribution in [-0.2, 0) is 32.3 Å². The van der Waals surface area contributed by atoms with Gasteiger partial charge in [-0.15, -0.1) is 0 Å². The SMILES string of the molecule is C[C@@H]1C[C@@H](CCO[C@H]2CC[C@H](N3C(=S)N(c4ccc(C#N)c(C(F)(F)F)c4)C(=O)C3(C)C)CC2)C[C@H](C)N1CC(=O)Nc1cccc2c(N3CCC(=O)NC3=O)nn(C)c12. The number of para-hydroxylation sites is 1. The molecule has 4 fully saturated rings. The number of aryl methyl sites for hydroxylation is 1. The monoisotopic (exact) mass is 849 g/mol. The molecule has 3 aromatic rings. The van der Waals surface area contributed by atoms with Crippen molar-refractivity contribution < 1.29 is 37.1 Å². The number of halogens is 3. The minimum atomic E-state index is -4.77. The van der Waals surface area contributed by atoms with E-state index in [-0.39, 0.29) is 66.4 Å². The fraction of sp³-hybridized carbons (Fsp3) is 0.548. The third-order valence-electron chi connectivity index (χ3n) is 12.5. The van der Waals surface area contributed by atoms with E-state index in [1.807, 2.05) is 17.0 Å². The highest BCUT2D eigenvalue weighted by atomic mass is 32.1. The fourth-order valence-electron chi connectivity index (χ4n) is 9.58. The van der Waals surface area contributed by atoms with Crippen molar-refractivity contribution in [1.82, 2.24) is 24.9 Å². The summed E-state index contributed by atoms with van der Waals surface area (Å²) >= 11 is 5.75. The zero-order chi connectivity index (χ0) is 43.3. The number of rotatable bonds is 10. The summed E-state index contributed by atoms with van der Waals surface area (Å²) < 4.78 is 49.3. The first-order valence-corrected chi connectivity index (χ1v) is 20.8. The molecular formula is C42H50F3N9O5S. The van der Waals surface area contributed by atoms with Crippen LogP contribution in [0.5, 0.6) is 0 Å². The smallest absolute Gasteiger partial charge is 0.378 e. The molecule has 0 radical (unpaired) electrons. The van der Waals surface area contributed by atoms with Crippen molar-refractivity contribution in [3.63, 3.8) is 0 Å². The van der Waals surface area contributed by atoms with Gasteiger partial charge in [0.2, 0.25) is 11.8 Å². The molecular weight excluding hydrogens is 800 g/mol. The number of anilines is 3. The Hall–Kier alpha value is -5.12. The summed E-state index contributed by atoms with van der Waals surface area (Å²) in [5, 5.41) is 20.0. The minimum Gasteiger partial charge on any atom is -0.378 e. The Morgan fingerprint density at radius 2 is 1.78 bits per heavy atom. The number of hydrogen-bond donors (Lipinski definition) is 2. The van der Waals surface area contributed by atoms with E-state index < -0.39 is 34.8 Å². The molecule has 7 rings (SSSR count). The lowest BCUT2D eigenvalue weighted by molar-refractivity contribution is -0.137. The molecule has 4 aliphatic rings. The van der Waals surface area contributed by atoms with Crippen LogP contribution in [0.1, 0.15) is 90.2 Å². The van der Waals surface area contributed by atoms with E-state index in [1.165, 1.54) is 11.0 Å². The molecule has 1 aromatic heterocycles. The van der Waals surface area contributed by atoms with Crippen LogP contribution in [0.3, 0.4) is 0 Å². The van der Waals surface area contributed by atoms with Crippen molar-refractivity contribution in [2.24, 2.45) is 13.0 Å². The van der Waals surface area contributed by atoms with Gasteiger partial charge in [-0.05, 0) is 121 Å². The standard InChI is InChI=1S/C42H50F3N9O5S/c1-24-19-26(20-25(2)52(24)23-35(56)47-33-8-6-7-31-36(33)50(5)49-37(31)51-17-15-34(55)48-39(51)58)16-18-59-30-13-11-28(12-14-30)54-40(60)53(38(57)41(54,3)4)29-10-9-27(22-46)32(21-29)42(43,44)45/h6-10,21,24-26,28,30H,11-20,23H2,1-5H3,(H,47,56)(H,48,55,58)/t24-,25+,26-,28-,30-. The molecule has 3 saturated heterocycles. The Labute approximate surface area is 351 Å². The van der Waals surface area contributed by atoms with Crippen molar-refractivity contribution in [2.75, 3.05) is 34.8 Å². The molecule has 0 unspecified atom stereocenters. The number of amides is 5. The normalized spacial score (nSPS) is 25.2. The number of urea groups is 1. The number of thiocarbonyl (C=S) groups is 1. The first-order valence-electron chi connectivity index (χ1n) is 20.4. The van der Waals surface area contributed by atoms with Gasteiger partial charge in [-0.1, -0.05) is 6.07 Å². The summed E-state index contributed by atoms with van der Waals surface area (Å²) in [6.07, 6.45) is 1.11. The molecule has 18 heteroatoms. The molecule has 14 nitrogen and oxygen atoms in total. The lowest BCUT2D eigenvalue weighted by atomic mass is 9.85. The number of alkyl halides is 3. The predicted octanol–water partition coefficient (Wildman–Crippen LogP) is 6.47. The van der Waals surface area contributed by atoms with Crippen molar-refractivity contribution >= 4 is 69.2 Å². The number of likely N-dealkylation sites (tertiary alicyclic amines) is 1. The number of hydrogen-bond acceptors (Lipinski definition) is 9. The van der Waals surface area contributed by atoms with Gasteiger partial charge in [0.05, 0.1) is 46.7 Å². The van der Waals surface area contributed by atoms with Crippen molar-refractivity contribution in [3.05, 3.63) is 47.5 Å². The van der Waals surface area contributed by atoms with Crippen molar-refractivity contribution in [3.8, 4) is 6.07 Å². The van der Waals surface area contributed by atoms with Gasteiger partial charge in [-0.2, -0.15) is 23.5 Å². The zero-order valence-corrected chi connectivity index (χ0v) is 35.2. The molecule has 60 heavy (non-hydrogen) atoms. The van der Waals surface area contributed by atoms with Gasteiger partial charge in [-0.3, -0.25) is 39.1 Å². The van der Waals surface area contributed by atoms with Gasteiger partial charge in [0.15, 0.2) is 10.9 Å². The maximum Gasteiger partial charge on any atom is 0.417 e. The Balaban J connectivity index is 0.884. The molecule has 0 bridgehead atoms. The van der Waals surface area contributed by atoms with Crippen molar-refractivity contribution in [1.29, 1.82) is 5.26 Å². The summed E-state index contributed by atoms with van der Waals surface area (Å²) in [5.74, 6) is -0.0434. The van der Waals surface area contributed by atoms with Crippen LogP contribution in [0.15, 0.2) is 36.4 Å². The molecule has 5 amide bonds. The Morgan fingerprint density at radius 3 is 2.43 bits per heavy atom. The number of benzene rings is 2. The highest BCUT2D eigenvalue weighted by molar-refractivity contribution is 7.80. The first kappa shape index (κ1) is 43.0. The van der Waals surface area contributed by atoms with Gasteiger partial charge < -0.3 is 15.0 Å². The van der Waals surface area contributed by atoms with E-state index in [2.05, 4.69) is 34.5 Å². The highest BCUT2D eigenvalue weighted by Crippen LogP contribution is 2.41. The Kier molecular flexibility index (Phi) is 12.0. The molecule has 320 valence electrons. The first-order chi connectivity index (χ1) is 28.4. The molecule has 3 aliphatic heterocycles. The maximum absolute atomic E-state index is 13.8. The number of imide groups is 1. The molecule has 4 heterocycles. The molecule has 1 saturated carbocycles. The van der Waals surface area contributed by atoms with E-state index in [9.17, 15) is 37.6 Å². The second-order valence-electron chi connectivity index (χ2n) is 16.9. The van der Waals surface area contributed by atoms with Crippen LogP contribution in [0.2, 0.25) is 0 Å². The molecule has 2 N–H and O–H groups in total. The number of nitrogens with one attached hydrogen (secondary N) is 2. The summed E-state index contributed by atoms with van der Waals surface area (Å²) in [5.41, 5.74) is -1.45. The average molecular weight is 850 g/mol. The van der Waals surface area contributed by atoms with E-state index in [4.69, 9.17) is 17.0 Å². The lowest BCUT2D eigenvalue weighted by Crippen LogP contribution is -2.51. The quantitative estimate of drug-likeness (QED) is 0.217.